The average Bonchev–Trinajstić information content (AvgIpc) is 3.12. The van der Waals surface area contributed by atoms with Crippen LogP contribution >= 0.6 is 0 Å². The molecule has 1 unspecified atom stereocenters. The van der Waals surface area contributed by atoms with E-state index in [0.29, 0.717) is 11.3 Å². The lowest BCUT2D eigenvalue weighted by Crippen LogP contribution is -2.29. The number of carbonyl (C=O) groups is 1. The molecule has 3 rings (SSSR count). The second-order valence-corrected chi connectivity index (χ2v) is 7.29. The van der Waals surface area contributed by atoms with Gasteiger partial charge in [0.05, 0.1) is 5.69 Å². The number of hydrogen-bond acceptors (Lipinski definition) is 6. The largest absolute Gasteiger partial charge is 0.293 e. The molecule has 0 aliphatic carbocycles. The van der Waals surface area contributed by atoms with Crippen molar-refractivity contribution in [1.29, 1.82) is 0 Å². The van der Waals surface area contributed by atoms with E-state index in [9.17, 15) is 13.2 Å². The highest BCUT2D eigenvalue weighted by molar-refractivity contribution is 7.92. The number of sulfone groups is 1. The molecule has 24 heavy (non-hydrogen) atoms. The van der Waals surface area contributed by atoms with Gasteiger partial charge in [0.1, 0.15) is 5.25 Å². The van der Waals surface area contributed by atoms with E-state index < -0.39 is 20.9 Å². The summed E-state index contributed by atoms with van der Waals surface area (Å²) in [6.07, 6.45) is 0. The molecule has 0 spiro atoms. The van der Waals surface area contributed by atoms with Crippen molar-refractivity contribution in [3.63, 3.8) is 0 Å². The maximum absolute atomic E-state index is 12.8. The molecule has 0 radical (unpaired) electrons. The lowest BCUT2D eigenvalue weighted by atomic mass is 10.1. The van der Waals surface area contributed by atoms with Crippen LogP contribution in [-0.2, 0) is 9.84 Å². The van der Waals surface area contributed by atoms with E-state index in [1.54, 1.807) is 60.7 Å². The van der Waals surface area contributed by atoms with Crippen molar-refractivity contribution in [3.8, 4) is 5.69 Å². The number of benzene rings is 2. The monoisotopic (exact) mass is 342 g/mol. The van der Waals surface area contributed by atoms with Crippen molar-refractivity contribution in [2.75, 3.05) is 0 Å². The molecule has 7 nitrogen and oxygen atoms in total. The average molecular weight is 342 g/mol. The second kappa shape index (κ2) is 6.32. The summed E-state index contributed by atoms with van der Waals surface area (Å²) in [5, 5.41) is 9.15. The zero-order valence-corrected chi connectivity index (χ0v) is 13.6. The van der Waals surface area contributed by atoms with Gasteiger partial charge in [0.15, 0.2) is 5.78 Å². The van der Waals surface area contributed by atoms with Gasteiger partial charge in [0.25, 0.3) is 5.16 Å². The standard InChI is InChI=1S/C16H14N4O3S/c1-12(15(21)13-8-4-2-5-9-13)24(22,23)16-17-18-19-20(16)14-10-6-3-7-11-14/h2-12H,1H3. The van der Waals surface area contributed by atoms with Crippen LogP contribution in [0.25, 0.3) is 5.69 Å². The van der Waals surface area contributed by atoms with Gasteiger partial charge in [0, 0.05) is 5.56 Å². The lowest BCUT2D eigenvalue weighted by Gasteiger charge is -2.11. The molecule has 3 aromatic rings. The van der Waals surface area contributed by atoms with E-state index in [4.69, 9.17) is 0 Å². The normalized spacial score (nSPS) is 12.7. The third-order valence-corrected chi connectivity index (χ3v) is 5.50. The summed E-state index contributed by atoms with van der Waals surface area (Å²) in [6, 6.07) is 16.9. The lowest BCUT2D eigenvalue weighted by molar-refractivity contribution is 0.0991. The van der Waals surface area contributed by atoms with Gasteiger partial charge < -0.3 is 0 Å². The fraction of sp³-hybridized carbons (Fsp3) is 0.125. The predicted molar refractivity (Wildman–Crippen MR) is 86.6 cm³/mol. The van der Waals surface area contributed by atoms with Crippen LogP contribution in [0.1, 0.15) is 17.3 Å². The number of Topliss-reactive ketones (excluding diaryl/α,β-unsaturated/α-hetero) is 1. The van der Waals surface area contributed by atoms with Gasteiger partial charge in [-0.2, -0.15) is 4.68 Å². The highest BCUT2D eigenvalue weighted by Gasteiger charge is 2.35. The number of ketones is 1. The van der Waals surface area contributed by atoms with Gasteiger partial charge in [-0.15, -0.1) is 0 Å². The molecule has 0 aliphatic heterocycles. The van der Waals surface area contributed by atoms with E-state index in [2.05, 4.69) is 15.5 Å². The fourth-order valence-electron chi connectivity index (χ4n) is 2.22. The third kappa shape index (κ3) is 2.83. The quantitative estimate of drug-likeness (QED) is 0.655. The van der Waals surface area contributed by atoms with Crippen molar-refractivity contribution < 1.29 is 13.2 Å². The molecule has 122 valence electrons. The van der Waals surface area contributed by atoms with Gasteiger partial charge in [-0.05, 0) is 29.5 Å². The molecule has 0 bridgehead atoms. The van der Waals surface area contributed by atoms with Crippen LogP contribution in [0.3, 0.4) is 0 Å². The van der Waals surface area contributed by atoms with Crippen molar-refractivity contribution in [2.24, 2.45) is 0 Å². The van der Waals surface area contributed by atoms with E-state index in [0.717, 1.165) is 4.68 Å². The Morgan fingerprint density at radius 3 is 2.21 bits per heavy atom. The van der Waals surface area contributed by atoms with Gasteiger partial charge in [-0.3, -0.25) is 4.79 Å². The zero-order chi connectivity index (χ0) is 17.2. The van der Waals surface area contributed by atoms with Crippen LogP contribution in [0, 0.1) is 0 Å². The summed E-state index contributed by atoms with van der Waals surface area (Å²) < 4.78 is 26.8. The molecular formula is C16H14N4O3S. The number of rotatable bonds is 5. The first-order chi connectivity index (χ1) is 11.5. The van der Waals surface area contributed by atoms with Crippen molar-refractivity contribution in [1.82, 2.24) is 20.2 Å². The summed E-state index contributed by atoms with van der Waals surface area (Å²) in [5.74, 6) is -0.502. The van der Waals surface area contributed by atoms with E-state index in [1.165, 1.54) is 6.92 Å². The molecule has 8 heteroatoms. The molecule has 0 saturated heterocycles. The molecule has 0 aliphatic rings. The summed E-state index contributed by atoms with van der Waals surface area (Å²) in [4.78, 5) is 12.5. The Morgan fingerprint density at radius 2 is 1.58 bits per heavy atom. The Balaban J connectivity index is 2.00. The van der Waals surface area contributed by atoms with Crippen LogP contribution in [0.5, 0.6) is 0 Å². The Morgan fingerprint density at radius 1 is 1.00 bits per heavy atom. The summed E-state index contributed by atoms with van der Waals surface area (Å²) in [7, 11) is -4.04. The maximum atomic E-state index is 12.8. The zero-order valence-electron chi connectivity index (χ0n) is 12.8. The minimum absolute atomic E-state index is 0.326. The number of aromatic nitrogens is 4. The summed E-state index contributed by atoms with van der Waals surface area (Å²) >= 11 is 0. The Kier molecular flexibility index (Phi) is 4.22. The fourth-order valence-corrected chi connectivity index (χ4v) is 3.49. The predicted octanol–water partition coefficient (Wildman–Crippen LogP) is 1.71. The highest BCUT2D eigenvalue weighted by Crippen LogP contribution is 2.19. The van der Waals surface area contributed by atoms with Crippen molar-refractivity contribution in [2.45, 2.75) is 17.3 Å². The molecule has 1 aromatic heterocycles. The molecule has 0 N–H and O–H groups in total. The molecule has 1 atom stereocenters. The first-order valence-electron chi connectivity index (χ1n) is 7.19. The number of nitrogens with zero attached hydrogens (tertiary/aromatic N) is 4. The number of tetrazole rings is 1. The number of hydrogen-bond donors (Lipinski definition) is 0. The highest BCUT2D eigenvalue weighted by atomic mass is 32.2. The van der Waals surface area contributed by atoms with Crippen LogP contribution in [0.15, 0.2) is 65.8 Å². The maximum Gasteiger partial charge on any atom is 0.273 e. The van der Waals surface area contributed by atoms with E-state index in [1.807, 2.05) is 0 Å². The Bertz CT molecular complexity index is 953. The molecule has 1 heterocycles. The van der Waals surface area contributed by atoms with E-state index in [-0.39, 0.29) is 5.16 Å². The third-order valence-electron chi connectivity index (χ3n) is 3.59. The van der Waals surface area contributed by atoms with Gasteiger partial charge >= 0.3 is 0 Å². The molecule has 0 saturated carbocycles. The van der Waals surface area contributed by atoms with Crippen LogP contribution in [0.2, 0.25) is 0 Å². The SMILES string of the molecule is CC(C(=O)c1ccccc1)S(=O)(=O)c1nnnn1-c1ccccc1. The van der Waals surface area contributed by atoms with Crippen LogP contribution in [0.4, 0.5) is 0 Å². The van der Waals surface area contributed by atoms with Crippen LogP contribution in [-0.4, -0.2) is 39.7 Å². The van der Waals surface area contributed by atoms with Crippen molar-refractivity contribution in [3.05, 3.63) is 66.2 Å². The summed E-state index contributed by atoms with van der Waals surface area (Å²) in [6.45, 7) is 1.34. The van der Waals surface area contributed by atoms with Crippen molar-refractivity contribution >= 4 is 15.6 Å². The minimum atomic E-state index is -4.04. The summed E-state index contributed by atoms with van der Waals surface area (Å²) in [5.41, 5.74) is 0.827. The van der Waals surface area contributed by atoms with Gasteiger partial charge in [0.2, 0.25) is 9.84 Å². The molecule has 0 amide bonds. The topological polar surface area (TPSA) is 94.8 Å². The first kappa shape index (κ1) is 16.0. The molecular weight excluding hydrogens is 328 g/mol. The number of carbonyl (C=O) groups excluding carboxylic acids is 1. The Labute approximate surface area is 138 Å². The van der Waals surface area contributed by atoms with Gasteiger partial charge in [-0.1, -0.05) is 53.6 Å². The molecule has 2 aromatic carbocycles. The first-order valence-corrected chi connectivity index (χ1v) is 8.73. The van der Waals surface area contributed by atoms with Gasteiger partial charge in [-0.25, -0.2) is 8.42 Å². The second-order valence-electron chi connectivity index (χ2n) is 5.13. The molecule has 0 fully saturated rings. The Hall–Kier alpha value is -2.87. The number of para-hydroxylation sites is 1. The van der Waals surface area contributed by atoms with E-state index >= 15 is 0 Å². The van der Waals surface area contributed by atoms with Crippen LogP contribution < -0.4 is 0 Å². The minimum Gasteiger partial charge on any atom is -0.293 e. The smallest absolute Gasteiger partial charge is 0.273 e.